The molecule has 0 aliphatic heterocycles. The van der Waals surface area contributed by atoms with E-state index in [-0.39, 0.29) is 0 Å². The van der Waals surface area contributed by atoms with Gasteiger partial charge < -0.3 is 4.57 Å². The summed E-state index contributed by atoms with van der Waals surface area (Å²) in [5.41, 5.74) is 3.02. The van der Waals surface area contributed by atoms with Crippen LogP contribution in [0.15, 0.2) is 54.0 Å². The highest BCUT2D eigenvalue weighted by atomic mass is 35.5. The topological polar surface area (TPSA) is 41.7 Å². The highest BCUT2D eigenvalue weighted by molar-refractivity contribution is 7.07. The van der Waals surface area contributed by atoms with Crippen molar-refractivity contribution in [3.63, 3.8) is 0 Å². The molecule has 0 unspecified atom stereocenters. The molecule has 20 heavy (non-hydrogen) atoms. The Balaban J connectivity index is 2.01. The lowest BCUT2D eigenvalue weighted by molar-refractivity contribution is 0.747. The summed E-state index contributed by atoms with van der Waals surface area (Å²) in [7, 11) is 0. The second-order valence-corrected chi connectivity index (χ2v) is 5.63. The molecule has 0 aliphatic rings. The molecular weight excluding hydrogens is 290 g/mol. The molecule has 2 aromatic heterocycles. The van der Waals surface area contributed by atoms with Crippen molar-refractivity contribution < 1.29 is 0 Å². The Hall–Kier alpha value is -1.91. The lowest BCUT2D eigenvalue weighted by Gasteiger charge is -2.08. The fourth-order valence-electron chi connectivity index (χ4n) is 2.00. The van der Waals surface area contributed by atoms with Crippen LogP contribution < -0.4 is 4.80 Å². The van der Waals surface area contributed by atoms with Gasteiger partial charge in [-0.15, -0.1) is 11.3 Å². The van der Waals surface area contributed by atoms with Gasteiger partial charge in [-0.2, -0.15) is 0 Å². The standard InChI is InChI=1S/C15H12ClN3S/c16-12-6-4-11(5-7-12)14-10-20-15(17)19(14)9-13-3-1-2-8-18-13/h1-8,10,17H,9H2. The molecule has 3 rings (SSSR count). The highest BCUT2D eigenvalue weighted by Gasteiger charge is 2.08. The third kappa shape index (κ3) is 2.66. The zero-order chi connectivity index (χ0) is 13.9. The summed E-state index contributed by atoms with van der Waals surface area (Å²) in [6.45, 7) is 0.598. The Morgan fingerprint density at radius 1 is 1.15 bits per heavy atom. The molecule has 100 valence electrons. The average Bonchev–Trinajstić information content (AvgIpc) is 2.83. The number of benzene rings is 1. The number of hydrogen-bond acceptors (Lipinski definition) is 3. The smallest absolute Gasteiger partial charge is 0.182 e. The zero-order valence-corrected chi connectivity index (χ0v) is 12.2. The SMILES string of the molecule is N=c1scc(-c2ccc(Cl)cc2)n1Cc1ccccn1. The molecule has 0 atom stereocenters. The lowest BCUT2D eigenvalue weighted by Crippen LogP contribution is -2.15. The minimum atomic E-state index is 0.514. The van der Waals surface area contributed by atoms with E-state index in [2.05, 4.69) is 4.98 Å². The molecular formula is C15H12ClN3S. The second kappa shape index (κ2) is 5.61. The first-order chi connectivity index (χ1) is 9.74. The summed E-state index contributed by atoms with van der Waals surface area (Å²) in [5.74, 6) is 0. The predicted octanol–water partition coefficient (Wildman–Crippen LogP) is 3.79. The number of nitrogens with one attached hydrogen (secondary N) is 1. The summed E-state index contributed by atoms with van der Waals surface area (Å²) in [5, 5.41) is 10.8. The molecule has 5 heteroatoms. The van der Waals surface area contributed by atoms with Crippen molar-refractivity contribution >= 4 is 22.9 Å². The fourth-order valence-corrected chi connectivity index (χ4v) is 2.91. The maximum absolute atomic E-state index is 8.06. The zero-order valence-electron chi connectivity index (χ0n) is 10.6. The van der Waals surface area contributed by atoms with Gasteiger partial charge in [0.2, 0.25) is 0 Å². The van der Waals surface area contributed by atoms with Crippen LogP contribution in [0.25, 0.3) is 11.3 Å². The Bertz CT molecular complexity index is 760. The molecule has 1 aromatic carbocycles. The fraction of sp³-hybridized carbons (Fsp3) is 0.0667. The predicted molar refractivity (Wildman–Crippen MR) is 81.9 cm³/mol. The van der Waals surface area contributed by atoms with Crippen molar-refractivity contribution in [2.24, 2.45) is 0 Å². The third-order valence-electron chi connectivity index (χ3n) is 3.00. The van der Waals surface area contributed by atoms with Crippen molar-refractivity contribution in [2.45, 2.75) is 6.54 Å². The van der Waals surface area contributed by atoms with Crippen molar-refractivity contribution in [1.29, 1.82) is 5.41 Å². The molecule has 0 fully saturated rings. The normalized spacial score (nSPS) is 10.7. The number of rotatable bonds is 3. The number of nitrogens with zero attached hydrogens (tertiary/aromatic N) is 2. The largest absolute Gasteiger partial charge is 0.311 e. The van der Waals surface area contributed by atoms with Crippen molar-refractivity contribution in [3.05, 3.63) is 69.6 Å². The monoisotopic (exact) mass is 301 g/mol. The van der Waals surface area contributed by atoms with Crippen LogP contribution in [-0.2, 0) is 6.54 Å². The Kier molecular flexibility index (Phi) is 3.67. The Morgan fingerprint density at radius 3 is 2.65 bits per heavy atom. The van der Waals surface area contributed by atoms with Crippen LogP contribution in [-0.4, -0.2) is 9.55 Å². The molecule has 0 amide bonds. The molecule has 0 radical (unpaired) electrons. The Labute approximate surface area is 125 Å². The van der Waals surface area contributed by atoms with Gasteiger partial charge in [0.15, 0.2) is 4.80 Å². The summed E-state index contributed by atoms with van der Waals surface area (Å²) in [4.78, 5) is 4.84. The van der Waals surface area contributed by atoms with E-state index in [1.165, 1.54) is 11.3 Å². The summed E-state index contributed by atoms with van der Waals surface area (Å²) >= 11 is 7.34. The molecule has 0 saturated heterocycles. The average molecular weight is 302 g/mol. The van der Waals surface area contributed by atoms with E-state index in [4.69, 9.17) is 17.0 Å². The quantitative estimate of drug-likeness (QED) is 0.785. The van der Waals surface area contributed by atoms with Crippen LogP contribution in [0.1, 0.15) is 5.69 Å². The van der Waals surface area contributed by atoms with Gasteiger partial charge in [-0.25, -0.2) is 0 Å². The van der Waals surface area contributed by atoms with Crippen molar-refractivity contribution in [1.82, 2.24) is 9.55 Å². The van der Waals surface area contributed by atoms with E-state index in [0.29, 0.717) is 16.4 Å². The minimum Gasteiger partial charge on any atom is -0.311 e. The Morgan fingerprint density at radius 2 is 1.95 bits per heavy atom. The van der Waals surface area contributed by atoms with E-state index < -0.39 is 0 Å². The molecule has 3 nitrogen and oxygen atoms in total. The van der Waals surface area contributed by atoms with Crippen LogP contribution >= 0.6 is 22.9 Å². The number of hydrogen-bond donors (Lipinski definition) is 1. The van der Waals surface area contributed by atoms with Gasteiger partial charge in [-0.05, 0) is 29.8 Å². The minimum absolute atomic E-state index is 0.514. The van der Waals surface area contributed by atoms with Crippen LogP contribution in [0.2, 0.25) is 5.02 Å². The van der Waals surface area contributed by atoms with Gasteiger partial charge >= 0.3 is 0 Å². The van der Waals surface area contributed by atoms with Crippen LogP contribution in [0.5, 0.6) is 0 Å². The van der Waals surface area contributed by atoms with E-state index >= 15 is 0 Å². The highest BCUT2D eigenvalue weighted by Crippen LogP contribution is 2.22. The first-order valence-corrected chi connectivity index (χ1v) is 7.38. The first-order valence-electron chi connectivity index (χ1n) is 6.13. The third-order valence-corrected chi connectivity index (χ3v) is 4.04. The van der Waals surface area contributed by atoms with E-state index in [0.717, 1.165) is 17.0 Å². The van der Waals surface area contributed by atoms with Gasteiger partial charge in [0.1, 0.15) is 0 Å². The molecule has 0 aliphatic carbocycles. The molecule has 2 heterocycles. The summed E-state index contributed by atoms with van der Waals surface area (Å²) in [6, 6.07) is 13.5. The summed E-state index contributed by atoms with van der Waals surface area (Å²) in [6.07, 6.45) is 1.77. The van der Waals surface area contributed by atoms with Gasteiger partial charge in [-0.3, -0.25) is 10.4 Å². The molecule has 0 saturated carbocycles. The molecule has 0 bridgehead atoms. The molecule has 0 spiro atoms. The van der Waals surface area contributed by atoms with Crippen LogP contribution in [0.4, 0.5) is 0 Å². The first kappa shape index (κ1) is 13.1. The van der Waals surface area contributed by atoms with E-state index in [1.54, 1.807) is 6.20 Å². The maximum Gasteiger partial charge on any atom is 0.182 e. The van der Waals surface area contributed by atoms with Gasteiger partial charge in [-0.1, -0.05) is 29.8 Å². The number of thiazole rings is 1. The van der Waals surface area contributed by atoms with E-state index in [9.17, 15) is 0 Å². The van der Waals surface area contributed by atoms with Gasteiger partial charge in [0.05, 0.1) is 17.9 Å². The van der Waals surface area contributed by atoms with Gasteiger partial charge in [0, 0.05) is 16.6 Å². The second-order valence-electron chi connectivity index (χ2n) is 4.34. The summed E-state index contributed by atoms with van der Waals surface area (Å²) < 4.78 is 1.95. The van der Waals surface area contributed by atoms with Crippen molar-refractivity contribution in [3.8, 4) is 11.3 Å². The number of pyridine rings is 1. The number of aromatic nitrogens is 2. The molecule has 3 aromatic rings. The maximum atomic E-state index is 8.06. The van der Waals surface area contributed by atoms with Crippen LogP contribution in [0, 0.1) is 5.41 Å². The number of halogens is 1. The lowest BCUT2D eigenvalue weighted by atomic mass is 10.2. The van der Waals surface area contributed by atoms with Crippen molar-refractivity contribution in [2.75, 3.05) is 0 Å². The van der Waals surface area contributed by atoms with E-state index in [1.807, 2.05) is 52.4 Å². The van der Waals surface area contributed by atoms with Crippen LogP contribution in [0.3, 0.4) is 0 Å². The van der Waals surface area contributed by atoms with Gasteiger partial charge in [0.25, 0.3) is 0 Å². The molecule has 1 N–H and O–H groups in total.